The zero-order chi connectivity index (χ0) is 13.8. The van der Waals surface area contributed by atoms with E-state index in [2.05, 4.69) is 0 Å². The van der Waals surface area contributed by atoms with Gasteiger partial charge in [-0.25, -0.2) is 0 Å². The van der Waals surface area contributed by atoms with E-state index in [0.29, 0.717) is 5.56 Å². The van der Waals surface area contributed by atoms with Crippen molar-refractivity contribution in [3.05, 3.63) is 34.9 Å². The van der Waals surface area contributed by atoms with Crippen molar-refractivity contribution in [1.82, 2.24) is 0 Å². The number of hydrogen-bond donors (Lipinski definition) is 0. The van der Waals surface area contributed by atoms with Crippen molar-refractivity contribution in [3.63, 3.8) is 0 Å². The molecule has 0 N–H and O–H groups in total. The average molecular weight is 260 g/mol. The maximum atomic E-state index is 12.7. The Morgan fingerprint density at radius 1 is 1.33 bits per heavy atom. The first-order valence-electron chi connectivity index (χ1n) is 5.67. The highest BCUT2D eigenvalue weighted by molar-refractivity contribution is 5.69. The second-order valence-electron chi connectivity index (χ2n) is 3.89. The van der Waals surface area contributed by atoms with Crippen LogP contribution in [0.2, 0.25) is 0 Å². The van der Waals surface area contributed by atoms with Crippen LogP contribution in [0.25, 0.3) is 0 Å². The van der Waals surface area contributed by atoms with Crippen LogP contribution in [-0.2, 0) is 22.1 Å². The zero-order valence-corrected chi connectivity index (χ0v) is 10.3. The number of hydrogen-bond acceptors (Lipinski definition) is 2. The van der Waals surface area contributed by atoms with E-state index >= 15 is 0 Å². The minimum Gasteiger partial charge on any atom is -0.466 e. The predicted molar refractivity (Wildman–Crippen MR) is 61.1 cm³/mol. The molecule has 1 aromatic rings. The molecule has 0 fully saturated rings. The van der Waals surface area contributed by atoms with E-state index in [-0.39, 0.29) is 25.0 Å². The Kier molecular flexibility index (Phi) is 4.76. The summed E-state index contributed by atoms with van der Waals surface area (Å²) < 4.78 is 42.7. The Balaban J connectivity index is 2.82. The Hall–Kier alpha value is -1.52. The van der Waals surface area contributed by atoms with Gasteiger partial charge in [0.05, 0.1) is 12.2 Å². The van der Waals surface area contributed by atoms with E-state index in [1.807, 2.05) is 0 Å². The number of carbonyl (C=O) groups excluding carboxylic acids is 1. The lowest BCUT2D eigenvalue weighted by atomic mass is 9.98. The lowest BCUT2D eigenvalue weighted by molar-refractivity contribution is -0.143. The van der Waals surface area contributed by atoms with E-state index < -0.39 is 17.7 Å². The standard InChI is InChI=1S/C13H15F3O2/c1-3-18-12(17)8-7-10-5-4-6-11(9(10)2)13(14,15)16/h4-6H,3,7-8H2,1-2H3. The molecule has 1 aromatic carbocycles. The molecule has 0 bridgehead atoms. The summed E-state index contributed by atoms with van der Waals surface area (Å²) in [6, 6.07) is 4.00. The smallest absolute Gasteiger partial charge is 0.416 e. The molecule has 0 atom stereocenters. The number of carbonyl (C=O) groups is 1. The molecule has 0 unspecified atom stereocenters. The predicted octanol–water partition coefficient (Wildman–Crippen LogP) is 3.51. The largest absolute Gasteiger partial charge is 0.466 e. The summed E-state index contributed by atoms with van der Waals surface area (Å²) in [4.78, 5) is 11.2. The van der Waals surface area contributed by atoms with Crippen LogP contribution in [0.15, 0.2) is 18.2 Å². The van der Waals surface area contributed by atoms with Crippen LogP contribution in [0.3, 0.4) is 0 Å². The molecule has 0 amide bonds. The van der Waals surface area contributed by atoms with Crippen molar-refractivity contribution < 1.29 is 22.7 Å². The Bertz CT molecular complexity index is 425. The van der Waals surface area contributed by atoms with Gasteiger partial charge in [-0.2, -0.15) is 13.2 Å². The molecule has 2 nitrogen and oxygen atoms in total. The molecule has 0 spiro atoms. The van der Waals surface area contributed by atoms with Gasteiger partial charge in [0.15, 0.2) is 0 Å². The maximum Gasteiger partial charge on any atom is 0.416 e. The molecule has 0 saturated carbocycles. The Labute approximate surface area is 104 Å². The third kappa shape index (κ3) is 3.75. The number of esters is 1. The third-order valence-electron chi connectivity index (χ3n) is 2.66. The van der Waals surface area contributed by atoms with Crippen LogP contribution in [0.5, 0.6) is 0 Å². The SMILES string of the molecule is CCOC(=O)CCc1cccc(C(F)(F)F)c1C. The van der Waals surface area contributed by atoms with Crippen molar-refractivity contribution in [2.75, 3.05) is 6.61 Å². The number of halogens is 3. The van der Waals surface area contributed by atoms with Crippen LogP contribution in [-0.4, -0.2) is 12.6 Å². The molecule has 18 heavy (non-hydrogen) atoms. The van der Waals surface area contributed by atoms with Gasteiger partial charge in [0.25, 0.3) is 0 Å². The van der Waals surface area contributed by atoms with E-state index in [0.717, 1.165) is 6.07 Å². The normalized spacial score (nSPS) is 11.4. The summed E-state index contributed by atoms with van der Waals surface area (Å²) in [5.74, 6) is -0.394. The minimum atomic E-state index is -4.36. The molecule has 0 saturated heterocycles. The minimum absolute atomic E-state index is 0.0932. The fourth-order valence-corrected chi connectivity index (χ4v) is 1.73. The van der Waals surface area contributed by atoms with Crippen LogP contribution in [0, 0.1) is 6.92 Å². The first-order valence-corrected chi connectivity index (χ1v) is 5.67. The topological polar surface area (TPSA) is 26.3 Å². The second kappa shape index (κ2) is 5.89. The van der Waals surface area contributed by atoms with Crippen LogP contribution in [0.1, 0.15) is 30.0 Å². The van der Waals surface area contributed by atoms with E-state index in [1.165, 1.54) is 13.0 Å². The van der Waals surface area contributed by atoms with Gasteiger partial charge in [-0.1, -0.05) is 12.1 Å². The van der Waals surface area contributed by atoms with Gasteiger partial charge >= 0.3 is 12.1 Å². The molecule has 0 aromatic heterocycles. The maximum absolute atomic E-state index is 12.7. The lowest BCUT2D eigenvalue weighted by Crippen LogP contribution is -2.10. The van der Waals surface area contributed by atoms with Gasteiger partial charge in [-0.15, -0.1) is 0 Å². The van der Waals surface area contributed by atoms with Crippen LogP contribution in [0.4, 0.5) is 13.2 Å². The molecular weight excluding hydrogens is 245 g/mol. The quantitative estimate of drug-likeness (QED) is 0.774. The lowest BCUT2D eigenvalue weighted by Gasteiger charge is -2.13. The first kappa shape index (κ1) is 14.5. The van der Waals surface area contributed by atoms with Crippen molar-refractivity contribution in [3.8, 4) is 0 Å². The zero-order valence-electron chi connectivity index (χ0n) is 10.3. The fraction of sp³-hybridized carbons (Fsp3) is 0.462. The molecule has 1 rings (SSSR count). The number of aryl methyl sites for hydroxylation is 1. The highest BCUT2D eigenvalue weighted by Crippen LogP contribution is 2.33. The molecule has 0 aliphatic rings. The van der Waals surface area contributed by atoms with Crippen LogP contribution >= 0.6 is 0 Å². The van der Waals surface area contributed by atoms with Gasteiger partial charge < -0.3 is 4.74 Å². The summed E-state index contributed by atoms with van der Waals surface area (Å²) in [5, 5.41) is 0. The molecule has 0 radical (unpaired) electrons. The van der Waals surface area contributed by atoms with Crippen molar-refractivity contribution in [2.24, 2.45) is 0 Å². The van der Waals surface area contributed by atoms with Crippen molar-refractivity contribution in [1.29, 1.82) is 0 Å². The van der Waals surface area contributed by atoms with Gasteiger partial charge in [0.1, 0.15) is 0 Å². The number of alkyl halides is 3. The molecule has 0 heterocycles. The average Bonchev–Trinajstić information content (AvgIpc) is 2.26. The number of benzene rings is 1. The summed E-state index contributed by atoms with van der Waals surface area (Å²) in [6.45, 7) is 3.39. The Morgan fingerprint density at radius 3 is 2.56 bits per heavy atom. The van der Waals surface area contributed by atoms with Gasteiger partial charge in [0.2, 0.25) is 0 Å². The summed E-state index contributed by atoms with van der Waals surface area (Å²) in [6.07, 6.45) is -4.01. The summed E-state index contributed by atoms with van der Waals surface area (Å²) in [7, 11) is 0. The van der Waals surface area contributed by atoms with Gasteiger partial charge in [-0.3, -0.25) is 4.79 Å². The molecule has 5 heteroatoms. The Morgan fingerprint density at radius 2 is 2.00 bits per heavy atom. The van der Waals surface area contributed by atoms with E-state index in [4.69, 9.17) is 4.74 Å². The second-order valence-corrected chi connectivity index (χ2v) is 3.89. The molecule has 0 aliphatic heterocycles. The van der Waals surface area contributed by atoms with Gasteiger partial charge in [0, 0.05) is 6.42 Å². The van der Waals surface area contributed by atoms with E-state index in [1.54, 1.807) is 13.0 Å². The molecule has 0 aliphatic carbocycles. The van der Waals surface area contributed by atoms with Crippen molar-refractivity contribution in [2.45, 2.75) is 32.9 Å². The van der Waals surface area contributed by atoms with Crippen molar-refractivity contribution >= 4 is 5.97 Å². The highest BCUT2D eigenvalue weighted by atomic mass is 19.4. The highest BCUT2D eigenvalue weighted by Gasteiger charge is 2.32. The third-order valence-corrected chi connectivity index (χ3v) is 2.66. The summed E-state index contributed by atoms with van der Waals surface area (Å²) >= 11 is 0. The summed E-state index contributed by atoms with van der Waals surface area (Å²) in [5.41, 5.74) is 0.0519. The van der Waals surface area contributed by atoms with Gasteiger partial charge in [-0.05, 0) is 37.5 Å². The number of rotatable bonds is 4. The molecule has 100 valence electrons. The van der Waals surface area contributed by atoms with Crippen LogP contribution < -0.4 is 0 Å². The fourth-order valence-electron chi connectivity index (χ4n) is 1.73. The first-order chi connectivity index (χ1) is 8.36. The molecular formula is C13H15F3O2. The number of ether oxygens (including phenoxy) is 1. The van der Waals surface area contributed by atoms with E-state index in [9.17, 15) is 18.0 Å². The monoisotopic (exact) mass is 260 g/mol.